The standard InChI is InChI=1S/C22H27N5O4S2/c1-16-7-13-32-20(16)15-27-21(6-8-23-27)24-22(28)18-14-17(33(29,30)25(2)3)4-5-19(18)26-9-11-31-12-10-26/h4-8,13-14H,9-12,15H2,1-3H3,(H,24,28). The maximum Gasteiger partial charge on any atom is 0.258 e. The van der Waals surface area contributed by atoms with E-state index in [9.17, 15) is 13.2 Å². The van der Waals surface area contributed by atoms with Crippen LogP contribution in [0, 0.1) is 6.92 Å². The Morgan fingerprint density at radius 1 is 1.21 bits per heavy atom. The van der Waals surface area contributed by atoms with Crippen molar-refractivity contribution in [3.05, 3.63) is 57.9 Å². The van der Waals surface area contributed by atoms with E-state index in [4.69, 9.17) is 4.74 Å². The van der Waals surface area contributed by atoms with Crippen molar-refractivity contribution >= 4 is 38.8 Å². The lowest BCUT2D eigenvalue weighted by molar-refractivity contribution is 0.102. The van der Waals surface area contributed by atoms with Gasteiger partial charge in [0.15, 0.2) is 0 Å². The van der Waals surface area contributed by atoms with E-state index in [2.05, 4.69) is 10.4 Å². The quantitative estimate of drug-likeness (QED) is 0.548. The molecule has 2 aromatic heterocycles. The fraction of sp³-hybridized carbons (Fsp3) is 0.364. The summed E-state index contributed by atoms with van der Waals surface area (Å²) in [7, 11) is -0.759. The molecule has 1 aromatic carbocycles. The molecule has 9 nitrogen and oxygen atoms in total. The lowest BCUT2D eigenvalue weighted by atomic mass is 10.1. The Bertz CT molecular complexity index is 1240. The summed E-state index contributed by atoms with van der Waals surface area (Å²) in [5.74, 6) is 0.151. The number of aryl methyl sites for hydroxylation is 1. The first-order valence-corrected chi connectivity index (χ1v) is 12.8. The van der Waals surface area contributed by atoms with E-state index in [1.807, 2.05) is 23.3 Å². The number of hydrogen-bond acceptors (Lipinski definition) is 7. The molecule has 1 aliphatic heterocycles. The Balaban J connectivity index is 1.67. The fourth-order valence-electron chi connectivity index (χ4n) is 3.60. The molecule has 1 aliphatic rings. The van der Waals surface area contributed by atoms with Gasteiger partial charge in [0.05, 0.1) is 36.4 Å². The number of morpholine rings is 1. The number of nitrogens with one attached hydrogen (secondary N) is 1. The molecule has 3 heterocycles. The van der Waals surface area contributed by atoms with E-state index >= 15 is 0 Å². The summed E-state index contributed by atoms with van der Waals surface area (Å²) < 4.78 is 33.7. The van der Waals surface area contributed by atoms with Crippen molar-refractivity contribution in [2.24, 2.45) is 0 Å². The van der Waals surface area contributed by atoms with Crippen molar-refractivity contribution in [1.82, 2.24) is 14.1 Å². The summed E-state index contributed by atoms with van der Waals surface area (Å²) in [5.41, 5.74) is 2.14. The monoisotopic (exact) mass is 489 g/mol. The summed E-state index contributed by atoms with van der Waals surface area (Å²) >= 11 is 1.64. The predicted molar refractivity (Wildman–Crippen MR) is 129 cm³/mol. The summed E-state index contributed by atoms with van der Waals surface area (Å²) in [6.07, 6.45) is 1.63. The van der Waals surface area contributed by atoms with Crippen molar-refractivity contribution in [2.45, 2.75) is 18.4 Å². The molecule has 0 unspecified atom stereocenters. The molecule has 0 atom stereocenters. The van der Waals surface area contributed by atoms with Gasteiger partial charge in [-0.15, -0.1) is 11.3 Å². The van der Waals surface area contributed by atoms with E-state index in [1.54, 1.807) is 40.4 Å². The third-order valence-corrected chi connectivity index (χ3v) is 8.38. The van der Waals surface area contributed by atoms with Gasteiger partial charge in [0.2, 0.25) is 10.0 Å². The highest BCUT2D eigenvalue weighted by Crippen LogP contribution is 2.27. The molecule has 0 radical (unpaired) electrons. The molecule has 0 bridgehead atoms. The van der Waals surface area contributed by atoms with Gasteiger partial charge in [-0.25, -0.2) is 17.4 Å². The highest BCUT2D eigenvalue weighted by molar-refractivity contribution is 7.89. The molecule has 176 valence electrons. The van der Waals surface area contributed by atoms with Gasteiger partial charge in [-0.3, -0.25) is 4.79 Å². The molecule has 1 N–H and O–H groups in total. The molecule has 1 fully saturated rings. The van der Waals surface area contributed by atoms with Gasteiger partial charge < -0.3 is 15.0 Å². The molecule has 0 saturated carbocycles. The van der Waals surface area contributed by atoms with Crippen LogP contribution in [0.3, 0.4) is 0 Å². The topological polar surface area (TPSA) is 96.8 Å². The largest absolute Gasteiger partial charge is 0.378 e. The first-order chi connectivity index (χ1) is 15.8. The number of amides is 1. The van der Waals surface area contributed by atoms with Crippen molar-refractivity contribution in [3.8, 4) is 0 Å². The SMILES string of the molecule is Cc1ccsc1Cn1nccc1NC(=O)c1cc(S(=O)(=O)N(C)C)ccc1N1CCOCC1. The zero-order valence-corrected chi connectivity index (χ0v) is 20.4. The third-order valence-electron chi connectivity index (χ3n) is 5.56. The molecule has 33 heavy (non-hydrogen) atoms. The van der Waals surface area contributed by atoms with Crippen LogP contribution in [0.1, 0.15) is 20.8 Å². The molecule has 3 aromatic rings. The molecule has 1 amide bonds. The molecule has 0 spiro atoms. The van der Waals surface area contributed by atoms with E-state index < -0.39 is 15.9 Å². The van der Waals surface area contributed by atoms with Gasteiger partial charge >= 0.3 is 0 Å². The number of anilines is 2. The van der Waals surface area contributed by atoms with Gasteiger partial charge in [0.25, 0.3) is 5.91 Å². The lowest BCUT2D eigenvalue weighted by Crippen LogP contribution is -2.37. The normalized spacial score (nSPS) is 14.6. The first kappa shape index (κ1) is 23.4. The minimum absolute atomic E-state index is 0.0670. The fourth-order valence-corrected chi connectivity index (χ4v) is 5.41. The van der Waals surface area contributed by atoms with Crippen LogP contribution in [0.15, 0.2) is 46.8 Å². The highest BCUT2D eigenvalue weighted by atomic mass is 32.2. The number of rotatable bonds is 7. The van der Waals surface area contributed by atoms with Crippen molar-refractivity contribution in [1.29, 1.82) is 0 Å². The number of thiophene rings is 1. The van der Waals surface area contributed by atoms with E-state index in [-0.39, 0.29) is 4.90 Å². The summed E-state index contributed by atoms with van der Waals surface area (Å²) in [6.45, 7) is 4.92. The maximum absolute atomic E-state index is 13.4. The molecule has 4 rings (SSSR count). The maximum atomic E-state index is 13.4. The first-order valence-electron chi connectivity index (χ1n) is 10.5. The number of hydrogen-bond donors (Lipinski definition) is 1. The number of benzene rings is 1. The average molecular weight is 490 g/mol. The van der Waals surface area contributed by atoms with Crippen molar-refractivity contribution in [2.75, 3.05) is 50.6 Å². The van der Waals surface area contributed by atoms with Crippen molar-refractivity contribution < 1.29 is 17.9 Å². The van der Waals surface area contributed by atoms with E-state index in [0.717, 1.165) is 9.18 Å². The second-order valence-corrected chi connectivity index (χ2v) is 11.1. The van der Waals surface area contributed by atoms with Gasteiger partial charge in [-0.2, -0.15) is 5.10 Å². The summed E-state index contributed by atoms with van der Waals surface area (Å²) in [6, 6.07) is 8.46. The Morgan fingerprint density at radius 3 is 2.64 bits per heavy atom. The molecule has 0 aliphatic carbocycles. The molecule has 1 saturated heterocycles. The smallest absolute Gasteiger partial charge is 0.258 e. The summed E-state index contributed by atoms with van der Waals surface area (Å²) in [5, 5.41) is 9.30. The minimum atomic E-state index is -3.70. The zero-order chi connectivity index (χ0) is 23.6. The molecular weight excluding hydrogens is 462 g/mol. The second kappa shape index (κ2) is 9.64. The molecular formula is C22H27N5O4S2. The number of ether oxygens (including phenoxy) is 1. The van der Waals surface area contributed by atoms with Crippen LogP contribution in [-0.2, 0) is 21.3 Å². The number of sulfonamides is 1. The highest BCUT2D eigenvalue weighted by Gasteiger charge is 2.25. The number of carbonyl (C=O) groups excluding carboxylic acids is 1. The van der Waals surface area contributed by atoms with Crippen molar-refractivity contribution in [3.63, 3.8) is 0 Å². The Kier molecular flexibility index (Phi) is 6.84. The Morgan fingerprint density at radius 2 is 1.97 bits per heavy atom. The van der Waals surface area contributed by atoms with E-state index in [1.165, 1.54) is 25.7 Å². The predicted octanol–water partition coefficient (Wildman–Crippen LogP) is 2.64. The van der Waals surface area contributed by atoms with Crippen LogP contribution in [0.25, 0.3) is 0 Å². The average Bonchev–Trinajstić information content (AvgIpc) is 3.42. The van der Waals surface area contributed by atoms with Crippen LogP contribution in [0.2, 0.25) is 0 Å². The number of nitrogens with zero attached hydrogens (tertiary/aromatic N) is 4. The minimum Gasteiger partial charge on any atom is -0.378 e. The van der Waals surface area contributed by atoms with E-state index in [0.29, 0.717) is 49.9 Å². The van der Waals surface area contributed by atoms with Gasteiger partial charge in [0, 0.05) is 43.8 Å². The Labute approximate surface area is 197 Å². The lowest BCUT2D eigenvalue weighted by Gasteiger charge is -2.30. The van der Waals surface area contributed by atoms with Crippen LogP contribution in [0.5, 0.6) is 0 Å². The van der Waals surface area contributed by atoms with Gasteiger partial charge in [0.1, 0.15) is 5.82 Å². The van der Waals surface area contributed by atoms with Gasteiger partial charge in [-0.05, 0) is 42.1 Å². The third kappa shape index (κ3) is 4.96. The van der Waals surface area contributed by atoms with Crippen LogP contribution < -0.4 is 10.2 Å². The number of aromatic nitrogens is 2. The van der Waals surface area contributed by atoms with Gasteiger partial charge in [-0.1, -0.05) is 0 Å². The number of carbonyl (C=O) groups is 1. The zero-order valence-electron chi connectivity index (χ0n) is 18.8. The molecule has 11 heteroatoms. The second-order valence-electron chi connectivity index (χ2n) is 7.92. The Hall–Kier alpha value is -2.73. The van der Waals surface area contributed by atoms with Crippen LogP contribution >= 0.6 is 11.3 Å². The van der Waals surface area contributed by atoms with Crippen LogP contribution in [0.4, 0.5) is 11.5 Å². The van der Waals surface area contributed by atoms with Crippen LogP contribution in [-0.4, -0.2) is 68.8 Å². The summed E-state index contributed by atoms with van der Waals surface area (Å²) in [4.78, 5) is 16.7.